The Morgan fingerprint density at radius 3 is 2.45 bits per heavy atom. The van der Waals surface area contributed by atoms with Gasteiger partial charge in [-0.15, -0.1) is 0 Å². The van der Waals surface area contributed by atoms with E-state index in [9.17, 15) is 4.79 Å². The molecule has 0 radical (unpaired) electrons. The fraction of sp³-hybridized carbons (Fsp3) is 0.471. The Labute approximate surface area is 122 Å². The first kappa shape index (κ1) is 16.4. The molecule has 0 aliphatic rings. The van der Waals surface area contributed by atoms with Gasteiger partial charge in [-0.25, -0.2) is 0 Å². The maximum Gasteiger partial charge on any atom is 0.246 e. The second-order valence-electron chi connectivity index (χ2n) is 6.05. The highest BCUT2D eigenvalue weighted by Crippen LogP contribution is 2.10. The lowest BCUT2D eigenvalue weighted by molar-refractivity contribution is -0.903. The van der Waals surface area contributed by atoms with Crippen LogP contribution < -0.4 is 5.32 Å². The summed E-state index contributed by atoms with van der Waals surface area (Å²) in [6.45, 7) is 8.24. The Balaban J connectivity index is 2.23. The summed E-state index contributed by atoms with van der Waals surface area (Å²) >= 11 is 0. The average molecular weight is 275 g/mol. The standard InChI is InChI=1S/C17H26N2O/c1-15(2)17(20)18-12-8-9-13-19(3,4)14-16-10-6-5-7-11-16/h5-7,10-11H,1,8-9,12-14H2,2-4H3/p+1. The van der Waals surface area contributed by atoms with Gasteiger partial charge < -0.3 is 9.80 Å². The number of nitrogens with zero attached hydrogens (tertiary/aromatic N) is 1. The zero-order valence-electron chi connectivity index (χ0n) is 13.0. The number of nitrogens with one attached hydrogen (secondary N) is 1. The predicted molar refractivity (Wildman–Crippen MR) is 84.2 cm³/mol. The second-order valence-corrected chi connectivity index (χ2v) is 6.05. The summed E-state index contributed by atoms with van der Waals surface area (Å²) in [4.78, 5) is 11.3. The van der Waals surface area contributed by atoms with Gasteiger partial charge in [0.25, 0.3) is 0 Å². The molecule has 20 heavy (non-hydrogen) atoms. The van der Waals surface area contributed by atoms with Crippen LogP contribution in [0, 0.1) is 0 Å². The number of unbranched alkanes of at least 4 members (excludes halogenated alkanes) is 1. The largest absolute Gasteiger partial charge is 0.352 e. The topological polar surface area (TPSA) is 29.1 Å². The highest BCUT2D eigenvalue weighted by atomic mass is 16.1. The molecule has 1 rings (SSSR count). The van der Waals surface area contributed by atoms with Crippen LogP contribution in [0.3, 0.4) is 0 Å². The first-order valence-corrected chi connectivity index (χ1v) is 7.20. The van der Waals surface area contributed by atoms with E-state index < -0.39 is 0 Å². The summed E-state index contributed by atoms with van der Waals surface area (Å²) < 4.78 is 0.971. The number of rotatable bonds is 8. The van der Waals surface area contributed by atoms with Gasteiger partial charge >= 0.3 is 0 Å². The average Bonchev–Trinajstić information content (AvgIpc) is 2.38. The van der Waals surface area contributed by atoms with Crippen molar-refractivity contribution < 1.29 is 9.28 Å². The summed E-state index contributed by atoms with van der Waals surface area (Å²) in [5, 5.41) is 2.87. The molecule has 1 aromatic carbocycles. The molecule has 0 bridgehead atoms. The number of benzene rings is 1. The Morgan fingerprint density at radius 1 is 1.20 bits per heavy atom. The van der Waals surface area contributed by atoms with Crippen LogP contribution in [0.15, 0.2) is 42.5 Å². The van der Waals surface area contributed by atoms with E-state index in [1.165, 1.54) is 5.56 Å². The van der Waals surface area contributed by atoms with E-state index in [0.717, 1.165) is 37.0 Å². The van der Waals surface area contributed by atoms with Gasteiger partial charge in [0.05, 0.1) is 20.6 Å². The highest BCUT2D eigenvalue weighted by Gasteiger charge is 2.15. The van der Waals surface area contributed by atoms with Gasteiger partial charge in [0.1, 0.15) is 6.54 Å². The van der Waals surface area contributed by atoms with Crippen molar-refractivity contribution in [3.05, 3.63) is 48.0 Å². The molecule has 0 heterocycles. The lowest BCUT2D eigenvalue weighted by Gasteiger charge is -2.30. The minimum absolute atomic E-state index is 0.0389. The third-order valence-corrected chi connectivity index (χ3v) is 3.32. The third kappa shape index (κ3) is 6.53. The molecule has 0 saturated carbocycles. The fourth-order valence-corrected chi connectivity index (χ4v) is 2.17. The summed E-state index contributed by atoms with van der Waals surface area (Å²) in [5.74, 6) is -0.0389. The Hall–Kier alpha value is -1.61. The quantitative estimate of drug-likeness (QED) is 0.441. The molecule has 0 aliphatic heterocycles. The van der Waals surface area contributed by atoms with Crippen LogP contribution in [0.5, 0.6) is 0 Å². The van der Waals surface area contributed by atoms with Crippen molar-refractivity contribution in [3.8, 4) is 0 Å². The fourth-order valence-electron chi connectivity index (χ4n) is 2.17. The van der Waals surface area contributed by atoms with Crippen molar-refractivity contribution in [1.29, 1.82) is 0 Å². The number of carbonyl (C=O) groups is 1. The summed E-state index contributed by atoms with van der Waals surface area (Å²) in [5.41, 5.74) is 1.94. The molecule has 1 aromatic rings. The Bertz CT molecular complexity index is 438. The van der Waals surface area contributed by atoms with Crippen molar-refractivity contribution in [1.82, 2.24) is 5.32 Å². The van der Waals surface area contributed by atoms with Crippen LogP contribution in [0.1, 0.15) is 25.3 Å². The van der Waals surface area contributed by atoms with Crippen LogP contribution in [0.4, 0.5) is 0 Å². The van der Waals surface area contributed by atoms with Gasteiger partial charge in [-0.1, -0.05) is 36.9 Å². The first-order valence-electron chi connectivity index (χ1n) is 7.20. The first-order chi connectivity index (χ1) is 9.41. The van der Waals surface area contributed by atoms with E-state index in [-0.39, 0.29) is 5.91 Å². The van der Waals surface area contributed by atoms with Crippen molar-refractivity contribution in [2.45, 2.75) is 26.3 Å². The van der Waals surface area contributed by atoms with Gasteiger partial charge in [-0.05, 0) is 19.8 Å². The van der Waals surface area contributed by atoms with Gasteiger partial charge in [0.2, 0.25) is 5.91 Å². The molecule has 1 N–H and O–H groups in total. The molecule has 0 atom stereocenters. The van der Waals surface area contributed by atoms with Crippen molar-refractivity contribution in [2.75, 3.05) is 27.2 Å². The van der Waals surface area contributed by atoms with Crippen LogP contribution >= 0.6 is 0 Å². The van der Waals surface area contributed by atoms with Gasteiger partial charge in [0.15, 0.2) is 0 Å². The van der Waals surface area contributed by atoms with E-state index in [4.69, 9.17) is 0 Å². The summed E-state index contributed by atoms with van der Waals surface area (Å²) in [6, 6.07) is 10.6. The molecule has 0 aromatic heterocycles. The van der Waals surface area contributed by atoms with Gasteiger partial charge in [-0.3, -0.25) is 4.79 Å². The van der Waals surface area contributed by atoms with E-state index in [0.29, 0.717) is 5.57 Å². The van der Waals surface area contributed by atoms with Crippen LogP contribution in [-0.2, 0) is 11.3 Å². The molecule has 3 nitrogen and oxygen atoms in total. The molecule has 0 spiro atoms. The number of quaternary nitrogens is 1. The highest BCUT2D eigenvalue weighted by molar-refractivity contribution is 5.91. The molecular weight excluding hydrogens is 248 g/mol. The van der Waals surface area contributed by atoms with Crippen LogP contribution in [0.25, 0.3) is 0 Å². The summed E-state index contributed by atoms with van der Waals surface area (Å²) in [6.07, 6.45) is 2.12. The lowest BCUT2D eigenvalue weighted by Crippen LogP contribution is -2.39. The number of carbonyl (C=O) groups excluding carboxylic acids is 1. The minimum atomic E-state index is -0.0389. The molecule has 0 saturated heterocycles. The predicted octanol–water partition coefficient (Wildman–Crippen LogP) is 2.74. The van der Waals surface area contributed by atoms with Crippen molar-refractivity contribution in [3.63, 3.8) is 0 Å². The zero-order chi connectivity index (χ0) is 15.0. The maximum atomic E-state index is 11.3. The lowest BCUT2D eigenvalue weighted by atomic mass is 10.2. The molecule has 0 unspecified atom stereocenters. The number of hydrogen-bond acceptors (Lipinski definition) is 1. The van der Waals surface area contributed by atoms with Crippen LogP contribution in [0.2, 0.25) is 0 Å². The monoisotopic (exact) mass is 275 g/mol. The number of hydrogen-bond donors (Lipinski definition) is 1. The van der Waals surface area contributed by atoms with E-state index in [1.807, 2.05) is 6.07 Å². The van der Waals surface area contributed by atoms with E-state index >= 15 is 0 Å². The second kappa shape index (κ2) is 7.85. The van der Waals surface area contributed by atoms with Gasteiger partial charge in [0, 0.05) is 17.7 Å². The molecule has 110 valence electrons. The third-order valence-electron chi connectivity index (χ3n) is 3.32. The van der Waals surface area contributed by atoms with E-state index in [2.05, 4.69) is 50.3 Å². The number of amides is 1. The smallest absolute Gasteiger partial charge is 0.246 e. The molecule has 0 aliphatic carbocycles. The van der Waals surface area contributed by atoms with Crippen molar-refractivity contribution in [2.24, 2.45) is 0 Å². The Morgan fingerprint density at radius 2 is 1.85 bits per heavy atom. The summed E-state index contributed by atoms with van der Waals surface area (Å²) in [7, 11) is 4.50. The van der Waals surface area contributed by atoms with Gasteiger partial charge in [-0.2, -0.15) is 0 Å². The van der Waals surface area contributed by atoms with Crippen molar-refractivity contribution >= 4 is 5.91 Å². The molecule has 3 heteroatoms. The van der Waals surface area contributed by atoms with E-state index in [1.54, 1.807) is 6.92 Å². The molecule has 1 amide bonds. The maximum absolute atomic E-state index is 11.3. The Kier molecular flexibility index (Phi) is 6.46. The molecule has 0 fully saturated rings. The molecular formula is C17H27N2O+. The SMILES string of the molecule is C=C(C)C(=O)NCCCC[N+](C)(C)Cc1ccccc1. The minimum Gasteiger partial charge on any atom is -0.352 e. The zero-order valence-corrected chi connectivity index (χ0v) is 13.0. The normalized spacial score (nSPS) is 11.2. The van der Waals surface area contributed by atoms with Crippen LogP contribution in [-0.4, -0.2) is 37.6 Å².